The van der Waals surface area contributed by atoms with Crippen LogP contribution in [0.25, 0.3) is 0 Å². The lowest BCUT2D eigenvalue weighted by atomic mass is 10.2. The standard InChI is InChI=1S/C7H15N/c1-3-8-5-4-7(2)6-8/h7H,3-6H2,1-2H3/t7-/m1/s1. The SMILES string of the molecule is CCN1CC[C@@H](C)C1. The molecule has 1 rings (SSSR count). The number of likely N-dealkylation sites (tertiary alicyclic amines) is 1. The zero-order valence-electron chi connectivity index (χ0n) is 5.85. The first-order chi connectivity index (χ1) is 3.83. The van der Waals surface area contributed by atoms with E-state index in [1.165, 1.54) is 26.1 Å². The maximum atomic E-state index is 2.50. The molecule has 1 atom stereocenters. The number of rotatable bonds is 1. The zero-order valence-corrected chi connectivity index (χ0v) is 5.85. The summed E-state index contributed by atoms with van der Waals surface area (Å²) < 4.78 is 0. The molecule has 0 aliphatic carbocycles. The van der Waals surface area contributed by atoms with E-state index in [4.69, 9.17) is 0 Å². The van der Waals surface area contributed by atoms with Gasteiger partial charge in [-0.1, -0.05) is 13.8 Å². The summed E-state index contributed by atoms with van der Waals surface area (Å²) >= 11 is 0. The largest absolute Gasteiger partial charge is 0.303 e. The van der Waals surface area contributed by atoms with Gasteiger partial charge in [0, 0.05) is 6.54 Å². The molecule has 0 aromatic heterocycles. The van der Waals surface area contributed by atoms with Gasteiger partial charge in [-0.15, -0.1) is 0 Å². The first-order valence-electron chi connectivity index (χ1n) is 3.55. The van der Waals surface area contributed by atoms with E-state index in [2.05, 4.69) is 18.7 Å². The van der Waals surface area contributed by atoms with Gasteiger partial charge >= 0.3 is 0 Å². The number of hydrogen-bond donors (Lipinski definition) is 0. The van der Waals surface area contributed by atoms with Gasteiger partial charge in [-0.3, -0.25) is 0 Å². The third-order valence-electron chi connectivity index (χ3n) is 1.96. The molecular weight excluding hydrogens is 98.1 g/mol. The highest BCUT2D eigenvalue weighted by atomic mass is 15.1. The van der Waals surface area contributed by atoms with Crippen LogP contribution in [0.5, 0.6) is 0 Å². The van der Waals surface area contributed by atoms with Crippen LogP contribution in [0.1, 0.15) is 20.3 Å². The molecule has 0 aromatic carbocycles. The molecule has 1 aliphatic heterocycles. The molecule has 1 saturated heterocycles. The molecule has 1 heterocycles. The van der Waals surface area contributed by atoms with Gasteiger partial charge < -0.3 is 4.90 Å². The van der Waals surface area contributed by atoms with Crippen molar-refractivity contribution in [3.05, 3.63) is 0 Å². The number of hydrogen-bond acceptors (Lipinski definition) is 1. The summed E-state index contributed by atoms with van der Waals surface area (Å²) in [5, 5.41) is 0. The average Bonchev–Trinajstić information content (AvgIpc) is 2.14. The van der Waals surface area contributed by atoms with E-state index < -0.39 is 0 Å². The first-order valence-corrected chi connectivity index (χ1v) is 3.55. The van der Waals surface area contributed by atoms with Gasteiger partial charge in [0.2, 0.25) is 0 Å². The molecule has 0 bridgehead atoms. The Hall–Kier alpha value is -0.0400. The zero-order chi connectivity index (χ0) is 5.98. The van der Waals surface area contributed by atoms with E-state index in [1.807, 2.05) is 0 Å². The van der Waals surface area contributed by atoms with Crippen LogP contribution in [0.4, 0.5) is 0 Å². The topological polar surface area (TPSA) is 3.24 Å². The Kier molecular flexibility index (Phi) is 1.90. The third-order valence-corrected chi connectivity index (χ3v) is 1.96. The highest BCUT2D eigenvalue weighted by Crippen LogP contribution is 2.13. The lowest BCUT2D eigenvalue weighted by molar-refractivity contribution is 0.346. The van der Waals surface area contributed by atoms with Gasteiger partial charge in [0.25, 0.3) is 0 Å². The maximum absolute atomic E-state index is 2.50. The molecule has 0 N–H and O–H groups in total. The second-order valence-corrected chi connectivity index (χ2v) is 2.79. The summed E-state index contributed by atoms with van der Waals surface area (Å²) in [5.74, 6) is 0.954. The highest BCUT2D eigenvalue weighted by Gasteiger charge is 2.15. The van der Waals surface area contributed by atoms with Gasteiger partial charge in [-0.25, -0.2) is 0 Å². The van der Waals surface area contributed by atoms with Gasteiger partial charge in [0.1, 0.15) is 0 Å². The molecule has 8 heavy (non-hydrogen) atoms. The van der Waals surface area contributed by atoms with E-state index in [0.717, 1.165) is 5.92 Å². The van der Waals surface area contributed by atoms with Crippen molar-refractivity contribution in [3.63, 3.8) is 0 Å². The minimum atomic E-state index is 0.954. The molecule has 0 radical (unpaired) electrons. The molecule has 1 heteroatoms. The van der Waals surface area contributed by atoms with Gasteiger partial charge in [-0.05, 0) is 25.4 Å². The Labute approximate surface area is 51.7 Å². The first kappa shape index (κ1) is 6.09. The smallest absolute Gasteiger partial charge is 0.000738 e. The van der Waals surface area contributed by atoms with Crippen LogP contribution in [0.3, 0.4) is 0 Å². The van der Waals surface area contributed by atoms with Crippen molar-refractivity contribution >= 4 is 0 Å². The van der Waals surface area contributed by atoms with Crippen LogP contribution in [-0.2, 0) is 0 Å². The molecule has 48 valence electrons. The van der Waals surface area contributed by atoms with E-state index in [9.17, 15) is 0 Å². The molecule has 0 amide bonds. The predicted molar refractivity (Wildman–Crippen MR) is 35.9 cm³/mol. The average molecular weight is 113 g/mol. The van der Waals surface area contributed by atoms with E-state index in [1.54, 1.807) is 0 Å². The van der Waals surface area contributed by atoms with E-state index >= 15 is 0 Å². The lowest BCUT2D eigenvalue weighted by Gasteiger charge is -2.09. The van der Waals surface area contributed by atoms with E-state index in [-0.39, 0.29) is 0 Å². The second kappa shape index (κ2) is 2.49. The van der Waals surface area contributed by atoms with Crippen molar-refractivity contribution in [1.82, 2.24) is 4.90 Å². The van der Waals surface area contributed by atoms with E-state index in [0.29, 0.717) is 0 Å². The fourth-order valence-corrected chi connectivity index (χ4v) is 1.31. The van der Waals surface area contributed by atoms with Crippen LogP contribution in [-0.4, -0.2) is 24.5 Å². The Bertz CT molecular complexity index is 70.8. The molecule has 0 unspecified atom stereocenters. The maximum Gasteiger partial charge on any atom is 0.000738 e. The fourth-order valence-electron chi connectivity index (χ4n) is 1.31. The molecule has 0 aromatic rings. The summed E-state index contributed by atoms with van der Waals surface area (Å²) in [7, 11) is 0. The molecule has 1 nitrogen and oxygen atoms in total. The summed E-state index contributed by atoms with van der Waals surface area (Å²) in [6.07, 6.45) is 1.41. The molecular formula is C7H15N. The van der Waals surface area contributed by atoms with Crippen molar-refractivity contribution in [2.24, 2.45) is 5.92 Å². The van der Waals surface area contributed by atoms with Gasteiger partial charge in [0.05, 0.1) is 0 Å². The predicted octanol–water partition coefficient (Wildman–Crippen LogP) is 1.35. The van der Waals surface area contributed by atoms with Crippen molar-refractivity contribution in [2.45, 2.75) is 20.3 Å². The van der Waals surface area contributed by atoms with Crippen molar-refractivity contribution in [3.8, 4) is 0 Å². The molecule has 0 spiro atoms. The second-order valence-electron chi connectivity index (χ2n) is 2.79. The fraction of sp³-hybridized carbons (Fsp3) is 1.00. The van der Waals surface area contributed by atoms with Crippen molar-refractivity contribution in [1.29, 1.82) is 0 Å². The number of nitrogens with zero attached hydrogens (tertiary/aromatic N) is 1. The summed E-state index contributed by atoms with van der Waals surface area (Å²) in [4.78, 5) is 2.50. The van der Waals surface area contributed by atoms with Gasteiger partial charge in [0.15, 0.2) is 0 Å². The molecule has 1 fully saturated rings. The van der Waals surface area contributed by atoms with Crippen LogP contribution in [0, 0.1) is 5.92 Å². The summed E-state index contributed by atoms with van der Waals surface area (Å²) in [6, 6.07) is 0. The Morgan fingerprint density at radius 1 is 1.62 bits per heavy atom. The normalized spacial score (nSPS) is 31.5. The quantitative estimate of drug-likeness (QED) is 0.496. The minimum Gasteiger partial charge on any atom is -0.303 e. The van der Waals surface area contributed by atoms with Crippen molar-refractivity contribution in [2.75, 3.05) is 19.6 Å². The molecule has 0 saturated carbocycles. The van der Waals surface area contributed by atoms with Crippen molar-refractivity contribution < 1.29 is 0 Å². The lowest BCUT2D eigenvalue weighted by Crippen LogP contribution is -2.18. The minimum absolute atomic E-state index is 0.954. The van der Waals surface area contributed by atoms with Crippen LogP contribution in [0.15, 0.2) is 0 Å². The van der Waals surface area contributed by atoms with Crippen LogP contribution >= 0.6 is 0 Å². The summed E-state index contributed by atoms with van der Waals surface area (Å²) in [5.41, 5.74) is 0. The molecule has 1 aliphatic rings. The van der Waals surface area contributed by atoms with Crippen LogP contribution < -0.4 is 0 Å². The van der Waals surface area contributed by atoms with Crippen LogP contribution in [0.2, 0.25) is 0 Å². The van der Waals surface area contributed by atoms with Gasteiger partial charge in [-0.2, -0.15) is 0 Å². The Morgan fingerprint density at radius 3 is 2.62 bits per heavy atom. The third kappa shape index (κ3) is 1.22. The highest BCUT2D eigenvalue weighted by molar-refractivity contribution is 4.70. The monoisotopic (exact) mass is 113 g/mol. The Balaban J connectivity index is 2.22. The Morgan fingerprint density at radius 2 is 2.38 bits per heavy atom. The summed E-state index contributed by atoms with van der Waals surface area (Å²) in [6.45, 7) is 8.46.